The van der Waals surface area contributed by atoms with Gasteiger partial charge in [-0.25, -0.2) is 29.9 Å². The maximum Gasteiger partial charge on any atom is 0.310 e. The standard InChI is InChI=1S/C42H54N4O4S.C40H50N4O4S.C38H45N3O4S/c1-6-7-27-8-12-29(13-9-27)31-16-17-34(26(2)20-31)32-22-43-38(44-23-32)30-14-10-28(11-15-30)21-35(40(48)46-24-33(25-46)41(49)50)45-39(47)36-18-19-37(51-36)42(3,4)5;1-39(2,3)34-15-14-33(49-34)36(45)43-32(37(46)44-23-31(24-44)38(47)48)20-25-6-8-29(9-7-25)35-41-21-30(22-42-35)27-12-10-26(11-13-27)28-16-18-40(4,5)19-17-28;1-3-33-16-17-35(46-33)34(42)19-30(37(43)41-22-32(23-41)38(44)45)18-25-6-10-29(11-7-25)36-39-20-31(21-40-36)28-14-12-27(13-15-28)26-8-4-24(2)5-9-26/h10-11,14-15,18-19,22-23,27,29,31,33,35H,6-9,12-13,16-17,20-21,24-25H2,1-5H3,(H,45,47)(H,49,50);6-9,12,14-15,21-22,26,28,31-32H,10-11,13,16-20,23-24H2,1-5H3,(H,43,45)(H,47,48);6-7,10-11,14,16-17,20-21,24,26-27,30,32H,3-5,8-9,12-13,15,18-19,22-23H2,1-2H3,(H,44,45)/t27?,29?,31?,35-;26?,32-;24?,26?,27?,30-/m001/s1. The molecular formula is C120H149N11O12S3. The first-order valence-corrected chi connectivity index (χ1v) is 56.2. The highest BCUT2D eigenvalue weighted by molar-refractivity contribution is 7.14. The molecule has 3 unspecified atom stereocenters. The van der Waals surface area contributed by atoms with E-state index in [2.05, 4.69) is 106 Å². The summed E-state index contributed by atoms with van der Waals surface area (Å²) in [6.07, 6.45) is 48.3. The zero-order chi connectivity index (χ0) is 103. The van der Waals surface area contributed by atoms with Crippen molar-refractivity contribution in [3.63, 3.8) is 0 Å². The minimum Gasteiger partial charge on any atom is -0.481 e. The van der Waals surface area contributed by atoms with Crippen molar-refractivity contribution < 1.29 is 58.5 Å². The quantitative estimate of drug-likeness (QED) is 0.0252. The van der Waals surface area contributed by atoms with E-state index in [1.165, 1.54) is 182 Å². The van der Waals surface area contributed by atoms with Gasteiger partial charge in [-0.1, -0.05) is 205 Å². The maximum atomic E-state index is 13.5. The number of benzene rings is 3. The van der Waals surface area contributed by atoms with E-state index in [-0.39, 0.29) is 105 Å². The first kappa shape index (κ1) is 107. The zero-order valence-corrected chi connectivity index (χ0v) is 89.9. The molecule has 5 N–H and O–H groups in total. The number of carboxylic acids is 3. The van der Waals surface area contributed by atoms with Gasteiger partial charge in [0.1, 0.15) is 12.1 Å². The van der Waals surface area contributed by atoms with E-state index in [4.69, 9.17) is 29.9 Å². The number of hydrogen-bond acceptors (Lipinski definition) is 18. The van der Waals surface area contributed by atoms with Crippen LogP contribution in [0.3, 0.4) is 0 Å². The molecule has 9 aliphatic rings. The van der Waals surface area contributed by atoms with Crippen LogP contribution in [0.2, 0.25) is 0 Å². The second-order valence-corrected chi connectivity index (χ2v) is 49.5. The fraction of sp³-hybridized carbons (Fsp3) is 0.525. The van der Waals surface area contributed by atoms with Crippen LogP contribution in [0.4, 0.5) is 0 Å². The predicted molar refractivity (Wildman–Crippen MR) is 579 cm³/mol. The molecule has 6 fully saturated rings. The average molecular weight is 2030 g/mol. The van der Waals surface area contributed by atoms with E-state index in [0.717, 1.165) is 151 Å². The number of nitrogens with one attached hydrogen (secondary N) is 2. The molecule has 3 saturated carbocycles. The molecule has 5 amide bonds. The molecule has 3 aromatic carbocycles. The number of amides is 5. The van der Waals surface area contributed by atoms with E-state index >= 15 is 0 Å². The summed E-state index contributed by atoms with van der Waals surface area (Å²) in [5.74, 6) is 2.56. The molecule has 0 spiro atoms. The van der Waals surface area contributed by atoms with E-state index < -0.39 is 53.7 Å². The number of aromatic nitrogens is 6. The second kappa shape index (κ2) is 47.9. The van der Waals surface area contributed by atoms with E-state index in [1.54, 1.807) is 17.0 Å². The Balaban J connectivity index is 0.000000157. The first-order valence-electron chi connectivity index (χ1n) is 53.7. The van der Waals surface area contributed by atoms with Gasteiger partial charge in [0.25, 0.3) is 11.8 Å². The number of thiophene rings is 3. The van der Waals surface area contributed by atoms with Gasteiger partial charge in [0.15, 0.2) is 23.3 Å². The van der Waals surface area contributed by atoms with Crippen molar-refractivity contribution in [2.24, 2.45) is 76.4 Å². The van der Waals surface area contributed by atoms with E-state index in [0.29, 0.717) is 43.9 Å². The van der Waals surface area contributed by atoms with Crippen LogP contribution in [0.25, 0.3) is 50.9 Å². The number of carboxylic acid groups (broad SMARTS) is 3. The number of carbonyl (C=O) groups is 9. The Morgan fingerprint density at radius 1 is 0.425 bits per heavy atom. The predicted octanol–water partition coefficient (Wildman–Crippen LogP) is 24.1. The van der Waals surface area contributed by atoms with Crippen LogP contribution in [-0.4, -0.2) is 165 Å². The van der Waals surface area contributed by atoms with Gasteiger partial charge in [0.05, 0.1) is 32.4 Å². The average Bonchev–Trinajstić information content (AvgIpc) is 1.10. The third kappa shape index (κ3) is 27.4. The fourth-order valence-corrected chi connectivity index (χ4v) is 25.9. The summed E-state index contributed by atoms with van der Waals surface area (Å²) in [5.41, 5.74) is 14.6. The monoisotopic (exact) mass is 2030 g/mol. The summed E-state index contributed by atoms with van der Waals surface area (Å²) in [7, 11) is 0. The molecule has 3 saturated heterocycles. The number of hydrogen-bond donors (Lipinski definition) is 5. The lowest BCUT2D eigenvalue weighted by Gasteiger charge is -2.39. The fourth-order valence-electron chi connectivity index (χ4n) is 23.1. The summed E-state index contributed by atoms with van der Waals surface area (Å²) in [5, 5.41) is 33.8. The summed E-state index contributed by atoms with van der Waals surface area (Å²) in [6.45, 7) is 27.4. The molecule has 146 heavy (non-hydrogen) atoms. The van der Waals surface area contributed by atoms with Crippen molar-refractivity contribution in [2.45, 2.75) is 286 Å². The Morgan fingerprint density at radius 2 is 0.808 bits per heavy atom. The number of Topliss-reactive ketones (excluding diaryl/α,β-unsaturated/α-hetero) is 1. The largest absolute Gasteiger partial charge is 0.481 e. The third-order valence-corrected chi connectivity index (χ3v) is 37.2. The van der Waals surface area contributed by atoms with Crippen molar-refractivity contribution in [3.05, 3.63) is 227 Å². The highest BCUT2D eigenvalue weighted by Gasteiger charge is 2.44. The van der Waals surface area contributed by atoms with Gasteiger partial charge in [-0.15, -0.1) is 34.0 Å². The number of allylic oxidation sites excluding steroid dienone is 6. The summed E-state index contributed by atoms with van der Waals surface area (Å²) in [4.78, 5) is 152. The number of nitrogens with zero attached hydrogens (tertiary/aromatic N) is 9. The Labute approximate surface area is 874 Å². The summed E-state index contributed by atoms with van der Waals surface area (Å²) >= 11 is 4.33. The summed E-state index contributed by atoms with van der Waals surface area (Å²) < 4.78 is 0. The molecular weight excluding hydrogens is 1880 g/mol. The summed E-state index contributed by atoms with van der Waals surface area (Å²) in [6, 6.07) is 33.1. The highest BCUT2D eigenvalue weighted by Crippen LogP contribution is 2.49. The van der Waals surface area contributed by atoms with Crippen LogP contribution in [0.1, 0.15) is 314 Å². The molecule has 6 aliphatic carbocycles. The van der Waals surface area contributed by atoms with Crippen molar-refractivity contribution in [2.75, 3.05) is 39.3 Å². The van der Waals surface area contributed by atoms with Crippen LogP contribution in [0, 0.1) is 76.4 Å². The van der Waals surface area contributed by atoms with Gasteiger partial charge in [-0.2, -0.15) is 0 Å². The van der Waals surface area contributed by atoms with Crippen LogP contribution >= 0.6 is 34.0 Å². The highest BCUT2D eigenvalue weighted by atomic mass is 32.1. The number of ketones is 1. The van der Waals surface area contributed by atoms with Gasteiger partial charge in [-0.05, 0) is 262 Å². The number of rotatable bonds is 31. The van der Waals surface area contributed by atoms with Crippen molar-refractivity contribution in [1.82, 2.24) is 55.2 Å². The topological polar surface area (TPSA) is 325 Å². The van der Waals surface area contributed by atoms with Gasteiger partial charge in [0, 0.05) is 150 Å². The molecule has 6 atom stereocenters. The Hall–Kier alpha value is -11.4. The van der Waals surface area contributed by atoms with Gasteiger partial charge >= 0.3 is 17.9 Å². The molecule has 18 rings (SSSR count). The van der Waals surface area contributed by atoms with Crippen molar-refractivity contribution >= 4 is 104 Å². The van der Waals surface area contributed by atoms with Crippen LogP contribution in [0.15, 0.2) is 164 Å². The van der Waals surface area contributed by atoms with E-state index in [9.17, 15) is 58.5 Å². The second-order valence-electron chi connectivity index (χ2n) is 46.1. The van der Waals surface area contributed by atoms with Gasteiger partial charge < -0.3 is 40.7 Å². The molecule has 26 heteroatoms. The number of aryl methyl sites for hydroxylation is 1. The SMILES string of the molecule is CC1(C)CCC(C2CC=C(c3cnc(-c4ccc(C[C@H](NC(=O)c5ccc(C(C)(C)C)s5)C(=O)N5CC(C(=O)O)C5)cc4)nc3)CC2)CC1.CCCC1CCC(C2CCC(c3cnc(-c4ccc(C[C@H](NC(=O)c5ccc(C(C)(C)C)s5)C(=O)N5CC(C(=O)O)C5)cc4)nc3)=C(C)C2)CC1.CCc1ccc(C(=O)C[C@@H](Cc2ccc(-c3ncc(C4=CCC(C5CCC(C)CC5)CC4)cn3)cc2)C(=O)N2CC(C(=O)O)C2)s1. The molecule has 0 radical (unpaired) electrons. The molecule has 774 valence electrons. The molecule has 9 aromatic rings. The first-order chi connectivity index (χ1) is 69.9. The zero-order valence-electron chi connectivity index (χ0n) is 87.4. The lowest BCUT2D eigenvalue weighted by Crippen LogP contribution is -2.59. The van der Waals surface area contributed by atoms with Crippen molar-refractivity contribution in [3.8, 4) is 34.2 Å². The molecule has 23 nitrogen and oxygen atoms in total. The molecule has 0 bridgehead atoms. The molecule has 9 heterocycles. The number of carbonyl (C=O) groups excluding carboxylic acids is 6. The maximum absolute atomic E-state index is 13.5. The number of likely N-dealkylation sites (tertiary alicyclic amines) is 3. The lowest BCUT2D eigenvalue weighted by atomic mass is 9.67. The van der Waals surface area contributed by atoms with Gasteiger partial charge in [-0.3, -0.25) is 43.2 Å². The molecule has 3 aliphatic heterocycles. The minimum absolute atomic E-state index is 0.0457. The van der Waals surface area contributed by atoms with Crippen molar-refractivity contribution in [1.29, 1.82) is 0 Å². The minimum atomic E-state index is -0.910. The van der Waals surface area contributed by atoms with Crippen LogP contribution < -0.4 is 10.6 Å². The van der Waals surface area contributed by atoms with Crippen LogP contribution in [0.5, 0.6) is 0 Å². The Kier molecular flexibility index (Phi) is 35.2. The van der Waals surface area contributed by atoms with Crippen LogP contribution in [-0.2, 0) is 65.3 Å². The third-order valence-electron chi connectivity index (χ3n) is 32.9. The molecule has 6 aromatic heterocycles. The normalized spacial score (nSPS) is 21.7. The Morgan fingerprint density at radius 3 is 1.18 bits per heavy atom. The lowest BCUT2D eigenvalue weighted by molar-refractivity contribution is -0.155. The Bertz CT molecular complexity index is 6160. The number of aliphatic carboxylic acids is 3. The smallest absolute Gasteiger partial charge is 0.310 e. The van der Waals surface area contributed by atoms with Gasteiger partial charge in [0.2, 0.25) is 17.7 Å². The van der Waals surface area contributed by atoms with E-state index in [1.807, 2.05) is 134 Å².